The maximum absolute atomic E-state index is 9.79. The van der Waals surface area contributed by atoms with Gasteiger partial charge >= 0.3 is 0 Å². The highest BCUT2D eigenvalue weighted by atomic mass is 32.1. The van der Waals surface area contributed by atoms with Gasteiger partial charge in [0, 0.05) is 12.2 Å². The van der Waals surface area contributed by atoms with Crippen molar-refractivity contribution in [2.75, 3.05) is 25.1 Å². The predicted molar refractivity (Wildman–Crippen MR) is 77.5 cm³/mol. The van der Waals surface area contributed by atoms with Gasteiger partial charge in [-0.05, 0) is 31.2 Å². The van der Waals surface area contributed by atoms with Crippen LogP contribution in [0, 0.1) is 0 Å². The number of rotatable bonds is 8. The lowest BCUT2D eigenvalue weighted by atomic mass is 10.3. The molecule has 0 aliphatic carbocycles. The summed E-state index contributed by atoms with van der Waals surface area (Å²) >= 11 is 1.07. The number of hydrogen-bond acceptors (Lipinski definition) is 7. The maximum atomic E-state index is 9.79. The molecule has 1 unspecified atom stereocenters. The fourth-order valence-electron chi connectivity index (χ4n) is 1.53. The number of aliphatic hydroxyl groups excluding tert-OH is 1. The number of nitrogens with zero attached hydrogens (tertiary/aromatic N) is 2. The molecule has 1 aromatic carbocycles. The average molecular weight is 295 g/mol. The molecule has 0 radical (unpaired) electrons. The third kappa shape index (κ3) is 4.67. The van der Waals surface area contributed by atoms with E-state index in [0.29, 0.717) is 19.0 Å². The van der Waals surface area contributed by atoms with Crippen molar-refractivity contribution in [2.45, 2.75) is 13.0 Å². The molecule has 0 amide bonds. The minimum atomic E-state index is -0.622. The van der Waals surface area contributed by atoms with Crippen LogP contribution in [0.15, 0.2) is 30.5 Å². The highest BCUT2D eigenvalue weighted by Gasteiger charge is 2.06. The number of aliphatic hydroxyl groups is 1. The normalized spacial score (nSPS) is 11.9. The predicted octanol–water partition coefficient (Wildman–Crippen LogP) is 1.79. The first-order valence-corrected chi connectivity index (χ1v) is 7.06. The Morgan fingerprint density at radius 2 is 2.10 bits per heavy atom. The van der Waals surface area contributed by atoms with Gasteiger partial charge in [-0.1, -0.05) is 0 Å². The molecule has 2 aromatic rings. The van der Waals surface area contributed by atoms with Crippen LogP contribution in [0.25, 0.3) is 0 Å². The molecule has 0 saturated carbocycles. The van der Waals surface area contributed by atoms with Crippen molar-refractivity contribution in [3.05, 3.63) is 30.5 Å². The number of anilines is 1. The van der Waals surface area contributed by atoms with E-state index in [1.54, 1.807) is 0 Å². The molecule has 20 heavy (non-hydrogen) atoms. The Hall–Kier alpha value is -1.86. The summed E-state index contributed by atoms with van der Waals surface area (Å²) in [5.74, 6) is 1.27. The van der Waals surface area contributed by atoms with Crippen molar-refractivity contribution in [3.63, 3.8) is 0 Å². The Morgan fingerprint density at radius 1 is 1.30 bits per heavy atom. The van der Waals surface area contributed by atoms with Gasteiger partial charge < -0.3 is 19.9 Å². The Labute approximate surface area is 121 Å². The fraction of sp³-hybridized carbons (Fsp3) is 0.385. The summed E-state index contributed by atoms with van der Waals surface area (Å²) in [4.78, 5) is 0. The number of nitrogens with one attached hydrogen (secondary N) is 1. The van der Waals surface area contributed by atoms with Gasteiger partial charge in [-0.25, -0.2) is 0 Å². The SMILES string of the molecule is CCOc1ccc(NCC(O)COc2cnsn2)cc1. The van der Waals surface area contributed by atoms with Crippen LogP contribution in [-0.4, -0.2) is 39.7 Å². The molecule has 6 nitrogen and oxygen atoms in total. The molecule has 1 heterocycles. The van der Waals surface area contributed by atoms with Crippen molar-refractivity contribution in [3.8, 4) is 11.6 Å². The van der Waals surface area contributed by atoms with Crippen LogP contribution in [0.1, 0.15) is 6.92 Å². The Bertz CT molecular complexity index is 490. The summed E-state index contributed by atoms with van der Waals surface area (Å²) in [6, 6.07) is 7.58. The van der Waals surface area contributed by atoms with E-state index in [4.69, 9.17) is 9.47 Å². The second kappa shape index (κ2) is 7.66. The highest BCUT2D eigenvalue weighted by molar-refractivity contribution is 6.99. The summed E-state index contributed by atoms with van der Waals surface area (Å²) in [6.07, 6.45) is 0.903. The van der Waals surface area contributed by atoms with Crippen molar-refractivity contribution in [1.82, 2.24) is 8.75 Å². The van der Waals surface area contributed by atoms with E-state index in [1.165, 1.54) is 6.20 Å². The molecule has 108 valence electrons. The molecular formula is C13H17N3O3S. The smallest absolute Gasteiger partial charge is 0.245 e. The first kappa shape index (κ1) is 14.5. The van der Waals surface area contributed by atoms with E-state index < -0.39 is 6.10 Å². The monoisotopic (exact) mass is 295 g/mol. The second-order valence-electron chi connectivity index (χ2n) is 4.05. The number of aromatic nitrogens is 2. The Kier molecular flexibility index (Phi) is 5.57. The average Bonchev–Trinajstić information content (AvgIpc) is 2.98. The van der Waals surface area contributed by atoms with E-state index in [9.17, 15) is 5.11 Å². The van der Waals surface area contributed by atoms with Crippen molar-refractivity contribution < 1.29 is 14.6 Å². The first-order valence-electron chi connectivity index (χ1n) is 6.33. The first-order chi connectivity index (χ1) is 9.78. The van der Waals surface area contributed by atoms with Crippen LogP contribution >= 0.6 is 11.7 Å². The molecule has 0 aliphatic heterocycles. The molecule has 0 saturated heterocycles. The van der Waals surface area contributed by atoms with Gasteiger partial charge in [-0.15, -0.1) is 4.37 Å². The van der Waals surface area contributed by atoms with Gasteiger partial charge in [0.1, 0.15) is 24.7 Å². The molecule has 2 rings (SSSR count). The van der Waals surface area contributed by atoms with Gasteiger partial charge in [-0.2, -0.15) is 4.37 Å². The summed E-state index contributed by atoms with van der Waals surface area (Å²) in [5, 5.41) is 12.9. The van der Waals surface area contributed by atoms with E-state index in [-0.39, 0.29) is 6.61 Å². The zero-order valence-electron chi connectivity index (χ0n) is 11.2. The standard InChI is InChI=1S/C13H17N3O3S/c1-2-18-12-5-3-10(4-6-12)14-7-11(17)9-19-13-8-15-20-16-13/h3-6,8,11,14,17H,2,7,9H2,1H3. The van der Waals surface area contributed by atoms with Gasteiger partial charge in [0.2, 0.25) is 5.88 Å². The topological polar surface area (TPSA) is 76.5 Å². The van der Waals surface area contributed by atoms with Gasteiger partial charge in [-0.3, -0.25) is 0 Å². The highest BCUT2D eigenvalue weighted by Crippen LogP contribution is 2.15. The minimum Gasteiger partial charge on any atom is -0.494 e. The zero-order valence-corrected chi connectivity index (χ0v) is 12.0. The van der Waals surface area contributed by atoms with Crippen molar-refractivity contribution in [1.29, 1.82) is 0 Å². The van der Waals surface area contributed by atoms with E-state index >= 15 is 0 Å². The zero-order chi connectivity index (χ0) is 14.2. The number of benzene rings is 1. The molecule has 1 aromatic heterocycles. The third-order valence-corrected chi connectivity index (χ3v) is 2.93. The molecular weight excluding hydrogens is 278 g/mol. The largest absolute Gasteiger partial charge is 0.494 e. The Balaban J connectivity index is 1.71. The lowest BCUT2D eigenvalue weighted by Crippen LogP contribution is -2.26. The Morgan fingerprint density at radius 3 is 2.75 bits per heavy atom. The van der Waals surface area contributed by atoms with Crippen LogP contribution in [0.4, 0.5) is 5.69 Å². The summed E-state index contributed by atoms with van der Waals surface area (Å²) < 4.78 is 18.3. The van der Waals surface area contributed by atoms with Crippen molar-refractivity contribution in [2.24, 2.45) is 0 Å². The van der Waals surface area contributed by atoms with Crippen LogP contribution in [0.3, 0.4) is 0 Å². The summed E-state index contributed by atoms with van der Waals surface area (Å²) in [7, 11) is 0. The van der Waals surface area contributed by atoms with Crippen LogP contribution in [0.2, 0.25) is 0 Å². The van der Waals surface area contributed by atoms with Gasteiger partial charge in [0.25, 0.3) is 0 Å². The minimum absolute atomic E-state index is 0.176. The van der Waals surface area contributed by atoms with Crippen LogP contribution < -0.4 is 14.8 Å². The van der Waals surface area contributed by atoms with E-state index in [0.717, 1.165) is 23.2 Å². The summed E-state index contributed by atoms with van der Waals surface area (Å²) in [6.45, 7) is 3.16. The molecule has 0 spiro atoms. The molecule has 0 fully saturated rings. The third-order valence-electron chi connectivity index (χ3n) is 2.47. The van der Waals surface area contributed by atoms with Crippen molar-refractivity contribution >= 4 is 17.4 Å². The van der Waals surface area contributed by atoms with E-state index in [2.05, 4.69) is 14.1 Å². The number of hydrogen-bond donors (Lipinski definition) is 2. The molecule has 0 aliphatic rings. The van der Waals surface area contributed by atoms with Gasteiger partial charge in [0.15, 0.2) is 0 Å². The molecule has 2 N–H and O–H groups in total. The summed E-state index contributed by atoms with van der Waals surface area (Å²) in [5.41, 5.74) is 0.919. The lowest BCUT2D eigenvalue weighted by molar-refractivity contribution is 0.115. The van der Waals surface area contributed by atoms with E-state index in [1.807, 2.05) is 31.2 Å². The van der Waals surface area contributed by atoms with Crippen LogP contribution in [-0.2, 0) is 0 Å². The van der Waals surface area contributed by atoms with Gasteiger partial charge in [0.05, 0.1) is 18.3 Å². The van der Waals surface area contributed by atoms with Crippen LogP contribution in [0.5, 0.6) is 11.6 Å². The fourth-order valence-corrected chi connectivity index (χ4v) is 1.90. The quantitative estimate of drug-likeness (QED) is 0.773. The molecule has 0 bridgehead atoms. The lowest BCUT2D eigenvalue weighted by Gasteiger charge is -2.13. The second-order valence-corrected chi connectivity index (χ2v) is 4.61. The molecule has 1 atom stereocenters. The molecule has 7 heteroatoms. The maximum Gasteiger partial charge on any atom is 0.245 e. The number of ether oxygens (including phenoxy) is 2.